The molecular formula is C24H27NO5. The molecule has 3 rings (SSSR count). The zero-order valence-electron chi connectivity index (χ0n) is 17.5. The number of carbonyl (C=O) groups excluding carboxylic acids is 2. The van der Waals surface area contributed by atoms with E-state index in [1.54, 1.807) is 0 Å². The summed E-state index contributed by atoms with van der Waals surface area (Å²) in [4.78, 5) is 23.4. The van der Waals surface area contributed by atoms with Crippen LogP contribution < -0.4 is 10.1 Å². The lowest BCUT2D eigenvalue weighted by atomic mass is 10.1. The highest BCUT2D eigenvalue weighted by molar-refractivity contribution is 5.94. The number of hydrogen-bond donors (Lipinski definition) is 1. The van der Waals surface area contributed by atoms with Crippen LogP contribution in [0.15, 0.2) is 60.7 Å². The van der Waals surface area contributed by atoms with Crippen LogP contribution in [-0.2, 0) is 14.3 Å². The van der Waals surface area contributed by atoms with E-state index in [4.69, 9.17) is 14.2 Å². The molecule has 0 saturated heterocycles. The lowest BCUT2D eigenvalue weighted by Gasteiger charge is -2.26. The third kappa shape index (κ3) is 6.19. The average molecular weight is 409 g/mol. The first-order chi connectivity index (χ1) is 14.4. The van der Waals surface area contributed by atoms with Gasteiger partial charge in [-0.15, -0.1) is 0 Å². The SMILES string of the molecule is CC(=O)OCC1C=CCC(Oc2ccc([C@H](C)NC(=O)c3ccc(C)cc3)cc2)O1. The Balaban J connectivity index is 1.53. The van der Waals surface area contributed by atoms with Crippen molar-refractivity contribution in [2.24, 2.45) is 0 Å². The van der Waals surface area contributed by atoms with Crippen molar-refractivity contribution in [3.8, 4) is 5.75 Å². The summed E-state index contributed by atoms with van der Waals surface area (Å²) in [6.07, 6.45) is 3.68. The maximum atomic E-state index is 12.4. The molecule has 158 valence electrons. The number of ether oxygens (including phenoxy) is 3. The maximum Gasteiger partial charge on any atom is 0.302 e. The average Bonchev–Trinajstić information content (AvgIpc) is 2.73. The molecule has 0 aliphatic carbocycles. The molecule has 1 aliphatic rings. The van der Waals surface area contributed by atoms with Crippen LogP contribution in [0.25, 0.3) is 0 Å². The lowest BCUT2D eigenvalue weighted by molar-refractivity contribution is -0.154. The highest BCUT2D eigenvalue weighted by Gasteiger charge is 2.20. The second-order valence-electron chi connectivity index (χ2n) is 7.32. The quantitative estimate of drug-likeness (QED) is 0.551. The second kappa shape index (κ2) is 10.1. The van der Waals surface area contributed by atoms with Gasteiger partial charge in [0.2, 0.25) is 6.29 Å². The molecule has 0 saturated carbocycles. The summed E-state index contributed by atoms with van der Waals surface area (Å²) in [5.41, 5.74) is 2.73. The molecule has 0 spiro atoms. The smallest absolute Gasteiger partial charge is 0.302 e. The third-order valence-corrected chi connectivity index (χ3v) is 4.77. The van der Waals surface area contributed by atoms with Gasteiger partial charge in [-0.2, -0.15) is 0 Å². The van der Waals surface area contributed by atoms with Gasteiger partial charge < -0.3 is 19.5 Å². The minimum Gasteiger partial charge on any atom is -0.465 e. The van der Waals surface area contributed by atoms with Crippen molar-refractivity contribution in [2.75, 3.05) is 6.61 Å². The molecule has 1 aliphatic heterocycles. The zero-order chi connectivity index (χ0) is 21.5. The Morgan fingerprint density at radius 2 is 1.83 bits per heavy atom. The van der Waals surface area contributed by atoms with Gasteiger partial charge in [-0.05, 0) is 43.7 Å². The van der Waals surface area contributed by atoms with E-state index in [0.717, 1.165) is 11.1 Å². The molecule has 0 bridgehead atoms. The zero-order valence-corrected chi connectivity index (χ0v) is 17.5. The number of benzene rings is 2. The van der Waals surface area contributed by atoms with Gasteiger partial charge in [0, 0.05) is 18.9 Å². The predicted molar refractivity (Wildman–Crippen MR) is 113 cm³/mol. The Kier molecular flexibility index (Phi) is 7.25. The Hall–Kier alpha value is -3.12. The van der Waals surface area contributed by atoms with Crippen molar-refractivity contribution in [2.45, 2.75) is 45.6 Å². The number of aryl methyl sites for hydroxylation is 1. The van der Waals surface area contributed by atoms with Gasteiger partial charge in [0.05, 0.1) is 6.04 Å². The van der Waals surface area contributed by atoms with Gasteiger partial charge in [0.25, 0.3) is 5.91 Å². The van der Waals surface area contributed by atoms with E-state index in [9.17, 15) is 9.59 Å². The molecule has 1 amide bonds. The van der Waals surface area contributed by atoms with Crippen LogP contribution in [0, 0.1) is 6.92 Å². The molecule has 0 fully saturated rings. The molecule has 3 atom stereocenters. The van der Waals surface area contributed by atoms with Crippen LogP contribution in [0.1, 0.15) is 47.8 Å². The summed E-state index contributed by atoms with van der Waals surface area (Å²) in [7, 11) is 0. The van der Waals surface area contributed by atoms with E-state index >= 15 is 0 Å². The number of esters is 1. The Labute approximate surface area is 176 Å². The monoisotopic (exact) mass is 409 g/mol. The molecule has 2 aromatic carbocycles. The fourth-order valence-electron chi connectivity index (χ4n) is 3.06. The van der Waals surface area contributed by atoms with Crippen molar-refractivity contribution in [3.63, 3.8) is 0 Å². The van der Waals surface area contributed by atoms with Gasteiger partial charge in [-0.3, -0.25) is 9.59 Å². The maximum absolute atomic E-state index is 12.4. The van der Waals surface area contributed by atoms with Gasteiger partial charge in [0.1, 0.15) is 18.5 Å². The van der Waals surface area contributed by atoms with E-state index in [0.29, 0.717) is 17.7 Å². The molecule has 6 nitrogen and oxygen atoms in total. The molecule has 2 unspecified atom stereocenters. The largest absolute Gasteiger partial charge is 0.465 e. The Bertz CT molecular complexity index is 889. The Morgan fingerprint density at radius 3 is 2.50 bits per heavy atom. The van der Waals surface area contributed by atoms with Crippen LogP contribution in [-0.4, -0.2) is 30.9 Å². The molecule has 1 N–H and O–H groups in total. The molecule has 0 aromatic heterocycles. The minimum atomic E-state index is -0.444. The van der Waals surface area contributed by atoms with Gasteiger partial charge in [0.15, 0.2) is 0 Å². The molecule has 0 radical (unpaired) electrons. The van der Waals surface area contributed by atoms with Crippen molar-refractivity contribution in [1.29, 1.82) is 0 Å². The Morgan fingerprint density at radius 1 is 1.13 bits per heavy atom. The summed E-state index contributed by atoms with van der Waals surface area (Å²) in [5, 5.41) is 3.01. The highest BCUT2D eigenvalue weighted by atomic mass is 16.7. The van der Waals surface area contributed by atoms with Gasteiger partial charge in [-0.1, -0.05) is 42.0 Å². The highest BCUT2D eigenvalue weighted by Crippen LogP contribution is 2.22. The minimum absolute atomic E-state index is 0.107. The third-order valence-electron chi connectivity index (χ3n) is 4.77. The first-order valence-corrected chi connectivity index (χ1v) is 10.0. The first kappa shape index (κ1) is 21.6. The van der Waals surface area contributed by atoms with Crippen LogP contribution >= 0.6 is 0 Å². The molecular weight excluding hydrogens is 382 g/mol. The van der Waals surface area contributed by atoms with Crippen LogP contribution in [0.3, 0.4) is 0 Å². The number of amides is 1. The summed E-state index contributed by atoms with van der Waals surface area (Å²) < 4.78 is 16.7. The summed E-state index contributed by atoms with van der Waals surface area (Å²) in [6.45, 7) is 5.47. The molecule has 30 heavy (non-hydrogen) atoms. The predicted octanol–water partition coefficient (Wildman–Crippen LogP) is 4.10. The summed E-state index contributed by atoms with van der Waals surface area (Å²) >= 11 is 0. The van der Waals surface area contributed by atoms with E-state index < -0.39 is 6.29 Å². The van der Waals surface area contributed by atoms with E-state index in [1.165, 1.54) is 6.92 Å². The number of hydrogen-bond acceptors (Lipinski definition) is 5. The standard InChI is InChI=1S/C24H27NO5/c1-16-7-9-20(10-8-16)24(27)25-17(2)19-11-13-21(14-12-19)29-23-6-4-5-22(30-23)15-28-18(3)26/h4-5,7-14,17,22-23H,6,15H2,1-3H3,(H,25,27)/t17-,22?,23?/m0/s1. The van der Waals surface area contributed by atoms with Crippen LogP contribution in [0.5, 0.6) is 5.75 Å². The molecule has 2 aromatic rings. The topological polar surface area (TPSA) is 73.9 Å². The van der Waals surface area contributed by atoms with E-state index in [2.05, 4.69) is 5.32 Å². The summed E-state index contributed by atoms with van der Waals surface area (Å²) in [5.74, 6) is 0.223. The number of nitrogens with one attached hydrogen (secondary N) is 1. The molecule has 1 heterocycles. The fraction of sp³-hybridized carbons (Fsp3) is 0.333. The van der Waals surface area contributed by atoms with Crippen molar-refractivity contribution < 1.29 is 23.8 Å². The second-order valence-corrected chi connectivity index (χ2v) is 7.32. The van der Waals surface area contributed by atoms with Crippen molar-refractivity contribution in [3.05, 3.63) is 77.4 Å². The van der Waals surface area contributed by atoms with Crippen LogP contribution in [0.4, 0.5) is 0 Å². The van der Waals surface area contributed by atoms with Gasteiger partial charge in [-0.25, -0.2) is 0 Å². The van der Waals surface area contributed by atoms with Gasteiger partial charge >= 0.3 is 5.97 Å². The first-order valence-electron chi connectivity index (χ1n) is 10.0. The molecule has 6 heteroatoms. The van der Waals surface area contributed by atoms with Crippen molar-refractivity contribution >= 4 is 11.9 Å². The summed E-state index contributed by atoms with van der Waals surface area (Å²) in [6, 6.07) is 14.9. The fourth-order valence-corrected chi connectivity index (χ4v) is 3.06. The van der Waals surface area contributed by atoms with E-state index in [-0.39, 0.29) is 30.6 Å². The van der Waals surface area contributed by atoms with Crippen LogP contribution in [0.2, 0.25) is 0 Å². The van der Waals surface area contributed by atoms with Crippen molar-refractivity contribution in [1.82, 2.24) is 5.32 Å². The normalized spacial score (nSPS) is 19.0. The lowest BCUT2D eigenvalue weighted by Crippen LogP contribution is -2.32. The van der Waals surface area contributed by atoms with E-state index in [1.807, 2.05) is 74.5 Å². The number of carbonyl (C=O) groups is 2. The number of rotatable bonds is 7.